The minimum absolute atomic E-state index is 0.613. The molecule has 11 aromatic rings. The van der Waals surface area contributed by atoms with E-state index >= 15 is 0 Å². The number of para-hydroxylation sites is 4. The molecule has 0 saturated heterocycles. The molecule has 0 N–H and O–H groups in total. The summed E-state index contributed by atoms with van der Waals surface area (Å²) >= 11 is 0. The zero-order chi connectivity index (χ0) is 37.0. The van der Waals surface area contributed by atoms with Gasteiger partial charge in [-0.2, -0.15) is 0 Å². The molecule has 0 bridgehead atoms. The molecule has 0 fully saturated rings. The van der Waals surface area contributed by atoms with E-state index in [1.54, 1.807) is 0 Å². The Labute approximate surface area is 323 Å². The lowest BCUT2D eigenvalue weighted by molar-refractivity contribution is 0.669. The minimum Gasteiger partial charge on any atom is -0.455 e. The van der Waals surface area contributed by atoms with Crippen LogP contribution in [0.1, 0.15) is 0 Å². The van der Waals surface area contributed by atoms with Gasteiger partial charge in [0.15, 0.2) is 5.82 Å². The van der Waals surface area contributed by atoms with E-state index in [1.165, 1.54) is 11.1 Å². The fourth-order valence-corrected chi connectivity index (χ4v) is 8.03. The highest BCUT2D eigenvalue weighted by atomic mass is 16.3. The molecule has 3 aromatic heterocycles. The lowest BCUT2D eigenvalue weighted by atomic mass is 9.92. The van der Waals surface area contributed by atoms with E-state index in [-0.39, 0.29) is 0 Å². The van der Waals surface area contributed by atoms with E-state index < -0.39 is 0 Å². The van der Waals surface area contributed by atoms with Crippen molar-refractivity contribution in [3.8, 4) is 67.3 Å². The van der Waals surface area contributed by atoms with Crippen LogP contribution < -0.4 is 0 Å². The first kappa shape index (κ1) is 31.9. The van der Waals surface area contributed by atoms with E-state index in [2.05, 4.69) is 152 Å². The number of benzene rings is 8. The molecular formula is C52H32N2O2. The van der Waals surface area contributed by atoms with Gasteiger partial charge in [0.2, 0.25) is 0 Å². The zero-order valence-corrected chi connectivity index (χ0v) is 30.2. The molecule has 0 aliphatic heterocycles. The van der Waals surface area contributed by atoms with E-state index in [1.807, 2.05) is 42.5 Å². The lowest BCUT2D eigenvalue weighted by Gasteiger charge is -2.15. The fraction of sp³-hybridized carbons (Fsp3) is 0. The number of aromatic nitrogens is 2. The number of rotatable bonds is 6. The maximum Gasteiger partial charge on any atom is 0.161 e. The molecule has 11 rings (SSSR count). The molecule has 0 unspecified atom stereocenters. The van der Waals surface area contributed by atoms with E-state index in [4.69, 9.17) is 18.8 Å². The maximum atomic E-state index is 6.56. The van der Waals surface area contributed by atoms with Gasteiger partial charge in [-0.1, -0.05) is 146 Å². The second kappa shape index (κ2) is 13.1. The van der Waals surface area contributed by atoms with Crippen LogP contribution in [0.5, 0.6) is 0 Å². The molecule has 0 atom stereocenters. The van der Waals surface area contributed by atoms with Crippen LogP contribution in [0.15, 0.2) is 203 Å². The van der Waals surface area contributed by atoms with E-state index in [9.17, 15) is 0 Å². The van der Waals surface area contributed by atoms with Gasteiger partial charge in [-0.25, -0.2) is 9.97 Å². The minimum atomic E-state index is 0.613. The molecule has 56 heavy (non-hydrogen) atoms. The van der Waals surface area contributed by atoms with Crippen molar-refractivity contribution in [1.82, 2.24) is 9.97 Å². The van der Waals surface area contributed by atoms with Gasteiger partial charge < -0.3 is 8.83 Å². The third kappa shape index (κ3) is 5.39. The van der Waals surface area contributed by atoms with E-state index in [0.29, 0.717) is 5.82 Å². The number of hydrogen-bond donors (Lipinski definition) is 0. The smallest absolute Gasteiger partial charge is 0.161 e. The molecule has 262 valence electrons. The summed E-state index contributed by atoms with van der Waals surface area (Å²) in [5.74, 6) is 0.613. The van der Waals surface area contributed by atoms with Crippen LogP contribution in [0, 0.1) is 0 Å². The predicted octanol–water partition coefficient (Wildman–Crippen LogP) is 14.3. The van der Waals surface area contributed by atoms with Crippen molar-refractivity contribution >= 4 is 43.9 Å². The highest BCUT2D eigenvalue weighted by Crippen LogP contribution is 2.42. The highest BCUT2D eigenvalue weighted by molar-refractivity contribution is 6.11. The summed E-state index contributed by atoms with van der Waals surface area (Å²) in [5, 5.41) is 4.24. The van der Waals surface area contributed by atoms with Gasteiger partial charge in [-0.05, 0) is 81.9 Å². The first-order chi connectivity index (χ1) is 27.7. The summed E-state index contributed by atoms with van der Waals surface area (Å²) in [5.41, 5.74) is 14.3. The summed E-state index contributed by atoms with van der Waals surface area (Å²) in [7, 11) is 0. The Morgan fingerprint density at radius 1 is 0.286 bits per heavy atom. The zero-order valence-electron chi connectivity index (χ0n) is 30.2. The van der Waals surface area contributed by atoms with E-state index in [0.717, 1.165) is 94.2 Å². The topological polar surface area (TPSA) is 52.1 Å². The van der Waals surface area contributed by atoms with Gasteiger partial charge in [-0.15, -0.1) is 0 Å². The average molecular weight is 717 g/mol. The standard InChI is InChI=1S/C52H32N2O2/c1-3-14-33(15-4-1)35-18-11-19-36(30-35)37-28-29-42(45(31-37)34-16-5-2-6-17-34)52-53-46(43-24-12-22-40-38-20-7-9-26-48(38)55-50(40)43)32-47(54-52)44-25-13-23-41-39-21-8-10-27-49(39)56-51(41)44/h1-32H. The Kier molecular flexibility index (Phi) is 7.46. The molecule has 0 aliphatic rings. The van der Waals surface area contributed by atoms with Crippen LogP contribution in [0.4, 0.5) is 0 Å². The summed E-state index contributed by atoms with van der Waals surface area (Å²) in [6, 6.07) is 67.3. The Bertz CT molecular complexity index is 3120. The molecule has 0 spiro atoms. The average Bonchev–Trinajstić information content (AvgIpc) is 3.86. The molecule has 0 radical (unpaired) electrons. The molecule has 3 heterocycles. The lowest BCUT2D eigenvalue weighted by Crippen LogP contribution is -1.98. The summed E-state index contributed by atoms with van der Waals surface area (Å²) < 4.78 is 13.1. The van der Waals surface area contributed by atoms with Gasteiger partial charge in [0.1, 0.15) is 22.3 Å². The summed E-state index contributed by atoms with van der Waals surface area (Å²) in [4.78, 5) is 10.8. The number of furan rings is 2. The van der Waals surface area contributed by atoms with Crippen molar-refractivity contribution in [1.29, 1.82) is 0 Å². The molecule has 0 aliphatic carbocycles. The molecule has 8 aromatic carbocycles. The van der Waals surface area contributed by atoms with Crippen molar-refractivity contribution < 1.29 is 8.83 Å². The van der Waals surface area contributed by atoms with Crippen LogP contribution in [-0.2, 0) is 0 Å². The fourth-order valence-electron chi connectivity index (χ4n) is 8.03. The largest absolute Gasteiger partial charge is 0.455 e. The summed E-state index contributed by atoms with van der Waals surface area (Å²) in [6.07, 6.45) is 0. The van der Waals surface area contributed by atoms with Crippen LogP contribution in [0.25, 0.3) is 111 Å². The quantitative estimate of drug-likeness (QED) is 0.172. The van der Waals surface area contributed by atoms with Gasteiger partial charge in [0, 0.05) is 38.2 Å². The Morgan fingerprint density at radius 3 is 1.36 bits per heavy atom. The third-order valence-corrected chi connectivity index (χ3v) is 10.7. The predicted molar refractivity (Wildman–Crippen MR) is 229 cm³/mol. The van der Waals surface area contributed by atoms with Crippen molar-refractivity contribution in [2.75, 3.05) is 0 Å². The first-order valence-electron chi connectivity index (χ1n) is 18.8. The second-order valence-electron chi connectivity index (χ2n) is 14.1. The van der Waals surface area contributed by atoms with Gasteiger partial charge >= 0.3 is 0 Å². The van der Waals surface area contributed by atoms with Crippen molar-refractivity contribution in [2.24, 2.45) is 0 Å². The van der Waals surface area contributed by atoms with Crippen LogP contribution >= 0.6 is 0 Å². The molecule has 0 saturated carbocycles. The van der Waals surface area contributed by atoms with Gasteiger partial charge in [-0.3, -0.25) is 0 Å². The highest BCUT2D eigenvalue weighted by Gasteiger charge is 2.21. The number of fused-ring (bicyclic) bond motifs is 6. The van der Waals surface area contributed by atoms with Crippen LogP contribution in [-0.4, -0.2) is 9.97 Å². The third-order valence-electron chi connectivity index (χ3n) is 10.7. The van der Waals surface area contributed by atoms with Crippen LogP contribution in [0.2, 0.25) is 0 Å². The van der Waals surface area contributed by atoms with Crippen LogP contribution in [0.3, 0.4) is 0 Å². The normalized spacial score (nSPS) is 11.6. The Hall–Kier alpha value is -7.56. The first-order valence-corrected chi connectivity index (χ1v) is 18.8. The SMILES string of the molecule is c1ccc(-c2cccc(-c3ccc(-c4nc(-c5cccc6c5oc5ccccc56)cc(-c5cccc6c5oc5ccccc56)n4)c(-c4ccccc4)c3)c2)cc1. The maximum absolute atomic E-state index is 6.56. The Morgan fingerprint density at radius 2 is 0.750 bits per heavy atom. The molecule has 0 amide bonds. The Balaban J connectivity index is 1.16. The van der Waals surface area contributed by atoms with Crippen molar-refractivity contribution in [3.05, 3.63) is 194 Å². The van der Waals surface area contributed by atoms with Gasteiger partial charge in [0.25, 0.3) is 0 Å². The van der Waals surface area contributed by atoms with Crippen molar-refractivity contribution in [3.63, 3.8) is 0 Å². The molecule has 4 nitrogen and oxygen atoms in total. The number of hydrogen-bond acceptors (Lipinski definition) is 4. The van der Waals surface area contributed by atoms with Crippen molar-refractivity contribution in [2.45, 2.75) is 0 Å². The number of nitrogens with zero attached hydrogens (tertiary/aromatic N) is 2. The summed E-state index contributed by atoms with van der Waals surface area (Å²) in [6.45, 7) is 0. The molecular weight excluding hydrogens is 685 g/mol. The second-order valence-corrected chi connectivity index (χ2v) is 14.1. The monoisotopic (exact) mass is 716 g/mol. The molecule has 4 heteroatoms. The van der Waals surface area contributed by atoms with Gasteiger partial charge in [0.05, 0.1) is 11.4 Å².